The Morgan fingerprint density at radius 2 is 1.07 bits per heavy atom. The third kappa shape index (κ3) is 5.70. The van der Waals surface area contributed by atoms with E-state index in [-0.39, 0.29) is 0 Å². The van der Waals surface area contributed by atoms with Crippen LogP contribution in [0.15, 0.2) is 124 Å². The van der Waals surface area contributed by atoms with Gasteiger partial charge in [-0.15, -0.1) is 0 Å². The first-order valence-corrected chi connectivity index (χ1v) is 13.1. The number of benzene rings is 3. The van der Waals surface area contributed by atoms with Crippen molar-refractivity contribution in [3.8, 4) is 22.9 Å². The van der Waals surface area contributed by atoms with Gasteiger partial charge in [0.25, 0.3) is 0 Å². The first-order chi connectivity index (χ1) is 19.6. The molecule has 4 aromatic heterocycles. The molecule has 7 nitrogen and oxygen atoms in total. The van der Waals surface area contributed by atoms with Crippen molar-refractivity contribution in [1.82, 2.24) is 19.9 Å². The van der Waals surface area contributed by atoms with E-state index in [1.807, 2.05) is 98.0 Å². The van der Waals surface area contributed by atoms with Crippen LogP contribution in [0.5, 0.6) is 0 Å². The van der Waals surface area contributed by atoms with Crippen molar-refractivity contribution in [2.24, 2.45) is 0 Å². The molecule has 0 aliphatic rings. The minimum Gasteiger partial charge on any atom is -0.418 e. The lowest BCUT2D eigenvalue weighted by molar-refractivity contribution is 0.607. The zero-order valence-corrected chi connectivity index (χ0v) is 22.4. The molecule has 0 aliphatic heterocycles. The predicted octanol–water partition coefficient (Wildman–Crippen LogP) is 8.07. The van der Waals surface area contributed by atoms with E-state index in [0.717, 1.165) is 29.0 Å². The minimum atomic E-state index is 0.406. The molecule has 0 N–H and O–H groups in total. The van der Waals surface area contributed by atoms with Crippen molar-refractivity contribution in [2.45, 2.75) is 6.54 Å². The molecule has 0 spiro atoms. The fraction of sp³-hybridized carbons (Fsp3) is 0.0625. The van der Waals surface area contributed by atoms with E-state index < -0.39 is 0 Å². The fourth-order valence-corrected chi connectivity index (χ4v) is 4.30. The fourth-order valence-electron chi connectivity index (χ4n) is 4.16. The number of anilines is 1. The van der Waals surface area contributed by atoms with Crippen molar-refractivity contribution in [1.29, 1.82) is 0 Å². The molecular formula is C32H24ClN5O2. The Bertz CT molecular complexity index is 1850. The summed E-state index contributed by atoms with van der Waals surface area (Å²) in [5.41, 5.74) is 5.63. The Labute approximate surface area is 235 Å². The summed E-state index contributed by atoms with van der Waals surface area (Å²) in [6.07, 6.45) is 0. The largest absolute Gasteiger partial charge is 0.418 e. The first kappa shape index (κ1) is 25.3. The topological polar surface area (TPSA) is 81.1 Å². The van der Waals surface area contributed by atoms with Gasteiger partial charge in [0.2, 0.25) is 23.2 Å². The van der Waals surface area contributed by atoms with Gasteiger partial charge in [-0.25, -0.2) is 9.97 Å². The van der Waals surface area contributed by atoms with Gasteiger partial charge in [0.1, 0.15) is 22.0 Å². The highest BCUT2D eigenvalue weighted by atomic mass is 35.5. The molecule has 0 saturated heterocycles. The third-order valence-electron chi connectivity index (χ3n) is 6.16. The van der Waals surface area contributed by atoms with Crippen LogP contribution >= 0.6 is 11.6 Å². The summed E-state index contributed by atoms with van der Waals surface area (Å²) in [5.74, 6) is 2.02. The van der Waals surface area contributed by atoms with Gasteiger partial charge >= 0.3 is 0 Å². The highest BCUT2D eigenvalue weighted by Gasteiger charge is 2.12. The predicted molar refractivity (Wildman–Crippen MR) is 158 cm³/mol. The maximum Gasteiger partial charge on any atom is 0.249 e. The quantitative estimate of drug-likeness (QED) is 0.202. The SMILES string of the molecule is CN(Cc1ccccc1)c1ccc2nc(-c3ccccc3)oc2n1.Clc1ccc2nc(-c3ccccc3)oc2n1. The monoisotopic (exact) mass is 545 g/mol. The number of nitrogens with zero attached hydrogens (tertiary/aromatic N) is 5. The number of rotatable bonds is 5. The molecule has 196 valence electrons. The van der Waals surface area contributed by atoms with Crippen molar-refractivity contribution in [2.75, 3.05) is 11.9 Å². The molecule has 4 heterocycles. The molecule has 7 rings (SSSR count). The highest BCUT2D eigenvalue weighted by molar-refractivity contribution is 6.29. The van der Waals surface area contributed by atoms with Crippen molar-refractivity contribution >= 4 is 39.9 Å². The van der Waals surface area contributed by atoms with Crippen LogP contribution in [-0.4, -0.2) is 27.0 Å². The highest BCUT2D eigenvalue weighted by Crippen LogP contribution is 2.26. The summed E-state index contributed by atoms with van der Waals surface area (Å²) in [6.45, 7) is 0.791. The molecule has 0 bridgehead atoms. The number of aromatic nitrogens is 4. The smallest absolute Gasteiger partial charge is 0.249 e. The summed E-state index contributed by atoms with van der Waals surface area (Å²) in [4.78, 5) is 19.6. The zero-order valence-electron chi connectivity index (χ0n) is 21.6. The van der Waals surface area contributed by atoms with E-state index in [1.165, 1.54) is 5.56 Å². The molecule has 0 amide bonds. The number of fused-ring (bicyclic) bond motifs is 2. The lowest BCUT2D eigenvalue weighted by Crippen LogP contribution is -2.17. The number of oxazole rings is 2. The van der Waals surface area contributed by atoms with Crippen molar-refractivity contribution in [3.05, 3.63) is 126 Å². The third-order valence-corrected chi connectivity index (χ3v) is 6.37. The standard InChI is InChI=1S/C20H17N3O.C12H7ClN2O/c1-23(14-15-8-4-2-5-9-15)18-13-12-17-20(22-18)24-19(21-17)16-10-6-3-7-11-16;13-10-7-6-9-12(15-10)16-11(14-9)8-4-2-1-3-5-8/h2-13H,14H2,1H3;1-7H. The molecule has 0 fully saturated rings. The molecular weight excluding hydrogens is 522 g/mol. The minimum absolute atomic E-state index is 0.406. The molecule has 3 aromatic carbocycles. The summed E-state index contributed by atoms with van der Waals surface area (Å²) < 4.78 is 11.4. The Balaban J connectivity index is 0.000000157. The van der Waals surface area contributed by atoms with Crippen LogP contribution in [0.25, 0.3) is 45.4 Å². The van der Waals surface area contributed by atoms with E-state index >= 15 is 0 Å². The van der Waals surface area contributed by atoms with Crippen molar-refractivity contribution in [3.63, 3.8) is 0 Å². The molecule has 0 radical (unpaired) electrons. The summed E-state index contributed by atoms with van der Waals surface area (Å²) in [7, 11) is 2.02. The van der Waals surface area contributed by atoms with E-state index in [2.05, 4.69) is 37.0 Å². The zero-order chi connectivity index (χ0) is 27.3. The average Bonchev–Trinajstić information content (AvgIpc) is 3.63. The number of halogens is 1. The van der Waals surface area contributed by atoms with Gasteiger partial charge in [-0.3, -0.25) is 0 Å². The number of hydrogen-bond acceptors (Lipinski definition) is 7. The van der Waals surface area contributed by atoms with Gasteiger partial charge in [0.15, 0.2) is 0 Å². The Hall–Kier alpha value is -5.01. The Kier molecular flexibility index (Phi) is 7.20. The molecule has 7 aromatic rings. The average molecular weight is 546 g/mol. The Morgan fingerprint density at radius 3 is 1.65 bits per heavy atom. The molecule has 8 heteroatoms. The molecule has 0 unspecified atom stereocenters. The van der Waals surface area contributed by atoms with Crippen LogP contribution in [0.1, 0.15) is 5.56 Å². The summed E-state index contributed by atoms with van der Waals surface area (Å²) in [6, 6.07) is 37.3. The second-order valence-electron chi connectivity index (χ2n) is 9.06. The normalized spacial score (nSPS) is 10.8. The van der Waals surface area contributed by atoms with Crippen LogP contribution in [0.4, 0.5) is 5.82 Å². The number of hydrogen-bond donors (Lipinski definition) is 0. The molecule has 0 saturated carbocycles. The van der Waals surface area contributed by atoms with E-state index in [1.54, 1.807) is 12.1 Å². The van der Waals surface area contributed by atoms with Crippen LogP contribution in [0.2, 0.25) is 5.15 Å². The van der Waals surface area contributed by atoms with Gasteiger partial charge in [-0.2, -0.15) is 9.97 Å². The van der Waals surface area contributed by atoms with Gasteiger partial charge in [0, 0.05) is 24.7 Å². The van der Waals surface area contributed by atoms with Gasteiger partial charge in [-0.1, -0.05) is 78.3 Å². The van der Waals surface area contributed by atoms with Gasteiger partial charge in [-0.05, 0) is 54.1 Å². The second kappa shape index (κ2) is 11.4. The lowest BCUT2D eigenvalue weighted by atomic mass is 10.2. The molecule has 40 heavy (non-hydrogen) atoms. The molecule has 0 atom stereocenters. The van der Waals surface area contributed by atoms with Gasteiger partial charge in [0.05, 0.1) is 0 Å². The first-order valence-electron chi connectivity index (χ1n) is 12.7. The lowest BCUT2D eigenvalue weighted by Gasteiger charge is -2.17. The Morgan fingerprint density at radius 1 is 0.575 bits per heavy atom. The van der Waals surface area contributed by atoms with E-state index in [4.69, 9.17) is 20.4 Å². The van der Waals surface area contributed by atoms with Crippen LogP contribution < -0.4 is 4.90 Å². The maximum absolute atomic E-state index is 5.85. The van der Waals surface area contributed by atoms with Gasteiger partial charge < -0.3 is 13.7 Å². The molecule has 0 aliphatic carbocycles. The summed E-state index contributed by atoms with van der Waals surface area (Å²) in [5, 5.41) is 0.406. The second-order valence-corrected chi connectivity index (χ2v) is 9.45. The van der Waals surface area contributed by atoms with E-state index in [0.29, 0.717) is 33.9 Å². The summed E-state index contributed by atoms with van der Waals surface area (Å²) >= 11 is 5.78. The van der Waals surface area contributed by atoms with Crippen molar-refractivity contribution < 1.29 is 8.83 Å². The van der Waals surface area contributed by atoms with Crippen LogP contribution in [0, 0.1) is 0 Å². The van der Waals surface area contributed by atoms with Crippen LogP contribution in [0.3, 0.4) is 0 Å². The number of pyridine rings is 2. The maximum atomic E-state index is 5.85. The van der Waals surface area contributed by atoms with E-state index in [9.17, 15) is 0 Å². The van der Waals surface area contributed by atoms with Crippen LogP contribution in [-0.2, 0) is 6.54 Å².